The molecule has 100 valence electrons. The molecule has 0 amide bonds. The molecule has 0 unspecified atom stereocenters. The summed E-state index contributed by atoms with van der Waals surface area (Å²) in [7, 11) is 0. The number of hydrogen-bond acceptors (Lipinski definition) is 3. The Balaban J connectivity index is 2.01. The van der Waals surface area contributed by atoms with Crippen molar-refractivity contribution < 1.29 is 14.9 Å². The Labute approximate surface area is 109 Å². The summed E-state index contributed by atoms with van der Waals surface area (Å²) in [6, 6.07) is 10.0. The van der Waals surface area contributed by atoms with Crippen LogP contribution in [0.2, 0.25) is 0 Å². The van der Waals surface area contributed by atoms with E-state index in [-0.39, 0.29) is 0 Å². The molecule has 1 rings (SSSR count). The van der Waals surface area contributed by atoms with Crippen LogP contribution in [0.15, 0.2) is 43.0 Å². The molecule has 0 aliphatic heterocycles. The predicted octanol–water partition coefficient (Wildman–Crippen LogP) is 2.28. The van der Waals surface area contributed by atoms with Crippen molar-refractivity contribution in [1.29, 1.82) is 0 Å². The molecule has 0 aromatic heterocycles. The van der Waals surface area contributed by atoms with E-state index in [2.05, 4.69) is 6.58 Å². The Morgan fingerprint density at radius 2 is 1.89 bits per heavy atom. The maximum absolute atomic E-state index is 9.49. The highest BCUT2D eigenvalue weighted by Crippen LogP contribution is 2.07. The minimum atomic E-state index is -0.824. The first-order valence-corrected chi connectivity index (χ1v) is 6.34. The fourth-order valence-corrected chi connectivity index (χ4v) is 1.65. The minimum Gasteiger partial charge on any atom is -0.390 e. The average molecular weight is 250 g/mol. The van der Waals surface area contributed by atoms with Gasteiger partial charge >= 0.3 is 0 Å². The largest absolute Gasteiger partial charge is 0.390 e. The first-order chi connectivity index (χ1) is 8.74. The van der Waals surface area contributed by atoms with Gasteiger partial charge in [0.2, 0.25) is 0 Å². The molecule has 0 saturated carbocycles. The summed E-state index contributed by atoms with van der Waals surface area (Å²) in [6.07, 6.45) is 2.11. The fourth-order valence-electron chi connectivity index (χ4n) is 1.65. The average Bonchev–Trinajstić information content (AvgIpc) is 2.42. The van der Waals surface area contributed by atoms with Gasteiger partial charge in [-0.15, -0.1) is 6.58 Å². The van der Waals surface area contributed by atoms with E-state index in [0.717, 1.165) is 12.8 Å². The quantitative estimate of drug-likeness (QED) is 0.522. The van der Waals surface area contributed by atoms with Gasteiger partial charge < -0.3 is 14.9 Å². The highest BCUT2D eigenvalue weighted by atomic mass is 16.5. The normalized spacial score (nSPS) is 14.1. The van der Waals surface area contributed by atoms with Crippen LogP contribution in [0.25, 0.3) is 0 Å². The summed E-state index contributed by atoms with van der Waals surface area (Å²) < 4.78 is 5.52. The third-order valence-electron chi connectivity index (χ3n) is 2.79. The van der Waals surface area contributed by atoms with Crippen LogP contribution in [-0.4, -0.2) is 29.0 Å². The minimum absolute atomic E-state index is 0.571. The van der Waals surface area contributed by atoms with Crippen molar-refractivity contribution >= 4 is 0 Å². The van der Waals surface area contributed by atoms with E-state index in [1.807, 2.05) is 30.3 Å². The van der Waals surface area contributed by atoms with E-state index < -0.39 is 12.2 Å². The van der Waals surface area contributed by atoms with Gasteiger partial charge in [-0.2, -0.15) is 0 Å². The van der Waals surface area contributed by atoms with Crippen molar-refractivity contribution in [2.24, 2.45) is 0 Å². The lowest BCUT2D eigenvalue weighted by Gasteiger charge is -2.13. The molecule has 0 aliphatic rings. The zero-order chi connectivity index (χ0) is 13.2. The first-order valence-electron chi connectivity index (χ1n) is 6.34. The van der Waals surface area contributed by atoms with Crippen LogP contribution in [0.5, 0.6) is 0 Å². The van der Waals surface area contributed by atoms with Gasteiger partial charge in [0, 0.05) is 6.61 Å². The highest BCUT2D eigenvalue weighted by molar-refractivity contribution is 5.13. The number of aliphatic hydroxyl groups is 2. The molecule has 1 aromatic carbocycles. The molecule has 3 heteroatoms. The number of unbranched alkanes of at least 4 members (excludes halogenated alkanes) is 1. The van der Waals surface area contributed by atoms with Crippen LogP contribution in [0.3, 0.4) is 0 Å². The molecule has 0 heterocycles. The van der Waals surface area contributed by atoms with Gasteiger partial charge in [0.15, 0.2) is 0 Å². The molecule has 2 N–H and O–H groups in total. The summed E-state index contributed by atoms with van der Waals surface area (Å²) in [5, 5.41) is 18.8. The topological polar surface area (TPSA) is 49.7 Å². The summed E-state index contributed by atoms with van der Waals surface area (Å²) >= 11 is 0. The van der Waals surface area contributed by atoms with Crippen molar-refractivity contribution in [1.82, 2.24) is 0 Å². The molecule has 0 aliphatic carbocycles. The van der Waals surface area contributed by atoms with E-state index in [9.17, 15) is 10.2 Å². The van der Waals surface area contributed by atoms with Gasteiger partial charge in [0.25, 0.3) is 0 Å². The van der Waals surface area contributed by atoms with E-state index in [1.165, 1.54) is 11.6 Å². The molecule has 2 atom stereocenters. The Hall–Kier alpha value is -1.16. The van der Waals surface area contributed by atoms with Crippen LogP contribution in [-0.2, 0) is 11.3 Å². The summed E-state index contributed by atoms with van der Waals surface area (Å²) in [6.45, 7) is 4.73. The van der Waals surface area contributed by atoms with Gasteiger partial charge in [-0.3, -0.25) is 0 Å². The van der Waals surface area contributed by atoms with Crippen molar-refractivity contribution in [2.45, 2.75) is 38.1 Å². The van der Waals surface area contributed by atoms with Crippen molar-refractivity contribution in [2.75, 3.05) is 6.61 Å². The summed E-state index contributed by atoms with van der Waals surface area (Å²) in [5.41, 5.74) is 1.17. The molecular formula is C15H22O3. The number of ether oxygens (including phenoxy) is 1. The lowest BCUT2D eigenvalue weighted by molar-refractivity contribution is 0.0389. The number of hydrogen-bond donors (Lipinski definition) is 2. The SMILES string of the molecule is C=C[C@@H](O)[C@H](O)CCCCOCc1ccccc1. The van der Waals surface area contributed by atoms with Crippen LogP contribution in [0.1, 0.15) is 24.8 Å². The molecule has 1 aromatic rings. The standard InChI is InChI=1S/C15H22O3/c1-2-14(16)15(17)10-6-7-11-18-12-13-8-4-3-5-9-13/h2-5,8-9,14-17H,1,6-7,10-12H2/t14-,15-/m1/s1. The first kappa shape index (κ1) is 14.9. The second-order valence-electron chi connectivity index (χ2n) is 4.33. The molecule has 0 saturated heterocycles. The van der Waals surface area contributed by atoms with Crippen molar-refractivity contribution in [3.63, 3.8) is 0 Å². The molecule has 0 spiro atoms. The van der Waals surface area contributed by atoms with Crippen LogP contribution in [0, 0.1) is 0 Å². The molecule has 18 heavy (non-hydrogen) atoms. The van der Waals surface area contributed by atoms with E-state index >= 15 is 0 Å². The zero-order valence-corrected chi connectivity index (χ0v) is 10.7. The highest BCUT2D eigenvalue weighted by Gasteiger charge is 2.11. The third-order valence-corrected chi connectivity index (χ3v) is 2.79. The Kier molecular flexibility index (Phi) is 7.34. The van der Waals surface area contributed by atoms with Crippen LogP contribution < -0.4 is 0 Å². The van der Waals surface area contributed by atoms with E-state index in [0.29, 0.717) is 19.6 Å². The maximum Gasteiger partial charge on any atom is 0.0977 e. The van der Waals surface area contributed by atoms with Gasteiger partial charge in [-0.05, 0) is 24.8 Å². The number of benzene rings is 1. The monoisotopic (exact) mass is 250 g/mol. The van der Waals surface area contributed by atoms with Crippen LogP contribution in [0.4, 0.5) is 0 Å². The van der Waals surface area contributed by atoms with Gasteiger partial charge in [0.05, 0.1) is 18.8 Å². The van der Waals surface area contributed by atoms with Gasteiger partial charge in [-0.1, -0.05) is 36.4 Å². The Morgan fingerprint density at radius 1 is 1.17 bits per heavy atom. The Morgan fingerprint density at radius 3 is 2.56 bits per heavy atom. The maximum atomic E-state index is 9.49. The summed E-state index contributed by atoms with van der Waals surface area (Å²) in [4.78, 5) is 0. The Bertz CT molecular complexity index is 324. The fraction of sp³-hybridized carbons (Fsp3) is 0.467. The lowest BCUT2D eigenvalue weighted by atomic mass is 10.1. The zero-order valence-electron chi connectivity index (χ0n) is 10.7. The number of aliphatic hydroxyl groups excluding tert-OH is 2. The molecular weight excluding hydrogens is 228 g/mol. The van der Waals surface area contributed by atoms with E-state index in [1.54, 1.807) is 0 Å². The molecule has 0 fully saturated rings. The third kappa shape index (κ3) is 5.96. The van der Waals surface area contributed by atoms with Crippen molar-refractivity contribution in [3.8, 4) is 0 Å². The predicted molar refractivity (Wildman–Crippen MR) is 72.2 cm³/mol. The second kappa shape index (κ2) is 8.86. The second-order valence-corrected chi connectivity index (χ2v) is 4.33. The van der Waals surface area contributed by atoms with Gasteiger partial charge in [0.1, 0.15) is 0 Å². The van der Waals surface area contributed by atoms with Crippen molar-refractivity contribution in [3.05, 3.63) is 48.6 Å². The van der Waals surface area contributed by atoms with Gasteiger partial charge in [-0.25, -0.2) is 0 Å². The molecule has 0 bridgehead atoms. The molecule has 3 nitrogen and oxygen atoms in total. The van der Waals surface area contributed by atoms with E-state index in [4.69, 9.17) is 4.74 Å². The molecule has 0 radical (unpaired) electrons. The smallest absolute Gasteiger partial charge is 0.0977 e. The lowest BCUT2D eigenvalue weighted by Crippen LogP contribution is -2.23. The van der Waals surface area contributed by atoms with Crippen LogP contribution >= 0.6 is 0 Å². The number of rotatable bonds is 9. The summed E-state index contributed by atoms with van der Waals surface area (Å²) in [5.74, 6) is 0.